The molecule has 1 heterocycles. The summed E-state index contributed by atoms with van der Waals surface area (Å²) in [6.45, 7) is 0.0311. The summed E-state index contributed by atoms with van der Waals surface area (Å²) in [6.07, 6.45) is -0.185. The first-order chi connectivity index (χ1) is 8.99. The topological polar surface area (TPSA) is 102 Å². The fraction of sp³-hybridized carbons (Fsp3) is 0.167. The van der Waals surface area contributed by atoms with Gasteiger partial charge >= 0.3 is 5.97 Å². The van der Waals surface area contributed by atoms with Crippen LogP contribution in [0.2, 0.25) is 0 Å². The number of aromatic nitrogens is 1. The number of nitro benzene ring substituents is 1. The highest BCUT2D eigenvalue weighted by Gasteiger charge is 2.10. The van der Waals surface area contributed by atoms with Gasteiger partial charge in [-0.3, -0.25) is 19.7 Å². The molecule has 19 heavy (non-hydrogen) atoms. The van der Waals surface area contributed by atoms with Crippen LogP contribution in [0.25, 0.3) is 10.9 Å². The number of aryl methyl sites for hydroxylation is 1. The van der Waals surface area contributed by atoms with Crippen molar-refractivity contribution >= 4 is 22.6 Å². The van der Waals surface area contributed by atoms with Gasteiger partial charge in [-0.15, -0.1) is 0 Å². The molecule has 0 aliphatic carbocycles. The Morgan fingerprint density at radius 1 is 1.32 bits per heavy atom. The van der Waals surface area contributed by atoms with Gasteiger partial charge in [0.05, 0.1) is 16.9 Å². The van der Waals surface area contributed by atoms with E-state index in [4.69, 9.17) is 5.11 Å². The van der Waals surface area contributed by atoms with Crippen molar-refractivity contribution in [2.75, 3.05) is 0 Å². The minimum Gasteiger partial charge on any atom is -0.481 e. The first kappa shape index (κ1) is 12.7. The Kier molecular flexibility index (Phi) is 3.28. The molecule has 1 aromatic heterocycles. The zero-order valence-electron chi connectivity index (χ0n) is 9.78. The molecule has 98 valence electrons. The molecule has 0 bridgehead atoms. The van der Waals surface area contributed by atoms with Crippen LogP contribution >= 0.6 is 0 Å². The number of carboxylic acid groups (broad SMARTS) is 1. The van der Waals surface area contributed by atoms with Gasteiger partial charge in [-0.05, 0) is 12.1 Å². The van der Waals surface area contributed by atoms with Crippen molar-refractivity contribution in [1.82, 2.24) is 4.57 Å². The smallest absolute Gasteiger partial charge is 0.305 e. The maximum absolute atomic E-state index is 11.7. The van der Waals surface area contributed by atoms with Crippen LogP contribution in [0.5, 0.6) is 0 Å². The first-order valence-corrected chi connectivity index (χ1v) is 5.49. The van der Waals surface area contributed by atoms with Crippen LogP contribution in [0.15, 0.2) is 35.1 Å². The van der Waals surface area contributed by atoms with Crippen molar-refractivity contribution in [2.45, 2.75) is 13.0 Å². The zero-order chi connectivity index (χ0) is 14.0. The lowest BCUT2D eigenvalue weighted by Gasteiger charge is -2.08. The van der Waals surface area contributed by atoms with Gasteiger partial charge in [-0.1, -0.05) is 0 Å². The standard InChI is InChI=1S/C12H10N2O5/c15-11-4-1-8-7-9(14(18)19)2-3-10(8)13(11)6-5-12(16)17/h1-4,7H,5-6H2,(H,16,17). The number of aliphatic carboxylic acids is 1. The molecule has 0 spiro atoms. The minimum absolute atomic E-state index is 0.0311. The summed E-state index contributed by atoms with van der Waals surface area (Å²) < 4.78 is 1.30. The van der Waals surface area contributed by atoms with Gasteiger partial charge in [-0.25, -0.2) is 0 Å². The average Bonchev–Trinajstić information content (AvgIpc) is 2.36. The highest BCUT2D eigenvalue weighted by Crippen LogP contribution is 2.19. The summed E-state index contributed by atoms with van der Waals surface area (Å²) in [4.78, 5) is 32.4. The Balaban J connectivity index is 2.56. The van der Waals surface area contributed by atoms with Crippen molar-refractivity contribution in [1.29, 1.82) is 0 Å². The number of carbonyl (C=O) groups is 1. The number of pyridine rings is 1. The highest BCUT2D eigenvalue weighted by atomic mass is 16.6. The molecule has 2 aromatic rings. The lowest BCUT2D eigenvalue weighted by molar-refractivity contribution is -0.384. The summed E-state index contributed by atoms with van der Waals surface area (Å²) >= 11 is 0. The van der Waals surface area contributed by atoms with Gasteiger partial charge in [0.2, 0.25) is 0 Å². The molecule has 0 fully saturated rings. The molecular weight excluding hydrogens is 252 g/mol. The van der Waals surface area contributed by atoms with Crippen molar-refractivity contribution in [3.8, 4) is 0 Å². The molecular formula is C12H10N2O5. The highest BCUT2D eigenvalue weighted by molar-refractivity contribution is 5.81. The van der Waals surface area contributed by atoms with Crippen LogP contribution in [0.1, 0.15) is 6.42 Å². The normalized spacial score (nSPS) is 10.5. The van der Waals surface area contributed by atoms with E-state index in [2.05, 4.69) is 0 Å². The van der Waals surface area contributed by atoms with Gasteiger partial charge in [0.15, 0.2) is 0 Å². The third-order valence-electron chi connectivity index (χ3n) is 2.73. The van der Waals surface area contributed by atoms with Gasteiger partial charge in [0.25, 0.3) is 11.2 Å². The largest absolute Gasteiger partial charge is 0.481 e. The number of hydrogen-bond acceptors (Lipinski definition) is 4. The zero-order valence-corrected chi connectivity index (χ0v) is 9.78. The summed E-state index contributed by atoms with van der Waals surface area (Å²) in [5.41, 5.74) is 0.0814. The van der Waals surface area contributed by atoms with Crippen LogP contribution in [-0.4, -0.2) is 20.6 Å². The van der Waals surface area contributed by atoms with Crippen molar-refractivity contribution in [2.24, 2.45) is 0 Å². The Hall–Kier alpha value is -2.70. The van der Waals surface area contributed by atoms with E-state index in [0.29, 0.717) is 10.9 Å². The van der Waals surface area contributed by atoms with Gasteiger partial charge in [-0.2, -0.15) is 0 Å². The van der Waals surface area contributed by atoms with E-state index in [0.717, 1.165) is 0 Å². The second-order valence-corrected chi connectivity index (χ2v) is 3.97. The molecule has 7 heteroatoms. The molecule has 2 rings (SSSR count). The maximum Gasteiger partial charge on any atom is 0.305 e. The lowest BCUT2D eigenvalue weighted by Crippen LogP contribution is -2.20. The second-order valence-electron chi connectivity index (χ2n) is 3.97. The fourth-order valence-corrected chi connectivity index (χ4v) is 1.84. The van der Waals surface area contributed by atoms with E-state index < -0.39 is 10.9 Å². The quantitative estimate of drug-likeness (QED) is 0.662. The summed E-state index contributed by atoms with van der Waals surface area (Å²) in [7, 11) is 0. The number of non-ortho nitro benzene ring substituents is 1. The first-order valence-electron chi connectivity index (χ1n) is 5.49. The molecule has 0 aliphatic heterocycles. The average molecular weight is 262 g/mol. The predicted molar refractivity (Wildman–Crippen MR) is 67.1 cm³/mol. The molecule has 0 unspecified atom stereocenters. The van der Waals surface area contributed by atoms with Crippen molar-refractivity contribution in [3.63, 3.8) is 0 Å². The Bertz CT molecular complexity index is 720. The monoisotopic (exact) mass is 262 g/mol. The number of fused-ring (bicyclic) bond motifs is 1. The van der Waals surface area contributed by atoms with Gasteiger partial charge < -0.3 is 9.67 Å². The SMILES string of the molecule is O=C(O)CCn1c(=O)ccc2cc([N+](=O)[O-])ccc21. The molecule has 1 N–H and O–H groups in total. The third kappa shape index (κ3) is 2.59. The number of hydrogen-bond donors (Lipinski definition) is 1. The number of rotatable bonds is 4. The van der Waals surface area contributed by atoms with Crippen LogP contribution in [0.3, 0.4) is 0 Å². The number of benzene rings is 1. The van der Waals surface area contributed by atoms with Crippen molar-refractivity contribution < 1.29 is 14.8 Å². The number of nitrogens with zero attached hydrogens (tertiary/aromatic N) is 2. The molecule has 7 nitrogen and oxygen atoms in total. The Labute approximate surface area is 106 Å². The number of nitro groups is 1. The third-order valence-corrected chi connectivity index (χ3v) is 2.73. The fourth-order valence-electron chi connectivity index (χ4n) is 1.84. The number of carboxylic acids is 1. The Morgan fingerprint density at radius 2 is 2.05 bits per heavy atom. The molecule has 1 aromatic carbocycles. The summed E-state index contributed by atoms with van der Waals surface area (Å²) in [5.74, 6) is -1.01. The molecule has 0 aliphatic rings. The van der Waals surface area contributed by atoms with Crippen LogP contribution in [0, 0.1) is 10.1 Å². The van der Waals surface area contributed by atoms with Crippen LogP contribution in [-0.2, 0) is 11.3 Å². The molecule has 0 atom stereocenters. The molecule has 0 radical (unpaired) electrons. The van der Waals surface area contributed by atoms with Crippen LogP contribution in [0.4, 0.5) is 5.69 Å². The molecule has 0 amide bonds. The van der Waals surface area contributed by atoms with Gasteiger partial charge in [0, 0.05) is 30.1 Å². The molecule has 0 saturated carbocycles. The summed E-state index contributed by atoms with van der Waals surface area (Å²) in [5, 5.41) is 19.8. The maximum atomic E-state index is 11.7. The van der Waals surface area contributed by atoms with E-state index in [-0.39, 0.29) is 24.2 Å². The van der Waals surface area contributed by atoms with E-state index in [1.807, 2.05) is 0 Å². The van der Waals surface area contributed by atoms with E-state index in [9.17, 15) is 19.7 Å². The summed E-state index contributed by atoms with van der Waals surface area (Å²) in [6, 6.07) is 6.86. The minimum atomic E-state index is -1.01. The van der Waals surface area contributed by atoms with E-state index >= 15 is 0 Å². The van der Waals surface area contributed by atoms with Crippen molar-refractivity contribution in [3.05, 3.63) is 50.8 Å². The van der Waals surface area contributed by atoms with Crippen LogP contribution < -0.4 is 5.56 Å². The molecule has 0 saturated heterocycles. The van der Waals surface area contributed by atoms with E-state index in [1.165, 1.54) is 34.9 Å². The lowest BCUT2D eigenvalue weighted by atomic mass is 10.2. The second kappa shape index (κ2) is 4.89. The predicted octanol–water partition coefficient (Wildman–Crippen LogP) is 1.38. The van der Waals surface area contributed by atoms with Gasteiger partial charge in [0.1, 0.15) is 0 Å². The van der Waals surface area contributed by atoms with E-state index in [1.54, 1.807) is 0 Å². The Morgan fingerprint density at radius 3 is 2.68 bits per heavy atom.